The molecule has 76 valence electrons. The summed E-state index contributed by atoms with van der Waals surface area (Å²) in [6, 6.07) is 5.94. The Labute approximate surface area is 94.0 Å². The lowest BCUT2D eigenvalue weighted by molar-refractivity contribution is 1.12. The molecule has 0 bridgehead atoms. The van der Waals surface area contributed by atoms with Gasteiger partial charge in [-0.1, -0.05) is 23.7 Å². The summed E-state index contributed by atoms with van der Waals surface area (Å²) in [5.74, 6) is 0. The van der Waals surface area contributed by atoms with Crippen LogP contribution in [0.25, 0.3) is 11.3 Å². The highest BCUT2D eigenvalue weighted by Crippen LogP contribution is 2.28. The Morgan fingerprint density at radius 2 is 1.80 bits per heavy atom. The topological polar surface area (TPSA) is 25.8 Å². The fourth-order valence-corrected chi connectivity index (χ4v) is 1.81. The predicted octanol–water partition coefficient (Wildman–Crippen LogP) is 3.41. The molecule has 0 atom stereocenters. The molecular formula is C12H11ClN2. The highest BCUT2D eigenvalue weighted by Gasteiger charge is 2.07. The first-order valence-corrected chi connectivity index (χ1v) is 5.10. The van der Waals surface area contributed by atoms with Gasteiger partial charge in [0.15, 0.2) is 0 Å². The van der Waals surface area contributed by atoms with Gasteiger partial charge >= 0.3 is 0 Å². The number of benzene rings is 1. The van der Waals surface area contributed by atoms with Gasteiger partial charge < -0.3 is 0 Å². The standard InChI is InChI=1S/C12H11ClN2/c1-8-3-4-10(11(13)7-8)12-9(2)14-5-6-15-12/h3-7H,1-2H3. The molecule has 1 aromatic carbocycles. The maximum atomic E-state index is 6.17. The van der Waals surface area contributed by atoms with Crippen molar-refractivity contribution in [3.63, 3.8) is 0 Å². The van der Waals surface area contributed by atoms with Crippen LogP contribution >= 0.6 is 11.6 Å². The number of halogens is 1. The van der Waals surface area contributed by atoms with Crippen molar-refractivity contribution in [3.05, 3.63) is 46.9 Å². The van der Waals surface area contributed by atoms with Crippen LogP contribution in [-0.4, -0.2) is 9.97 Å². The van der Waals surface area contributed by atoms with Crippen molar-refractivity contribution in [3.8, 4) is 11.3 Å². The number of hydrogen-bond donors (Lipinski definition) is 0. The van der Waals surface area contributed by atoms with E-state index in [1.807, 2.05) is 32.0 Å². The van der Waals surface area contributed by atoms with Crippen LogP contribution in [0.5, 0.6) is 0 Å². The van der Waals surface area contributed by atoms with Gasteiger partial charge in [-0.3, -0.25) is 9.97 Å². The highest BCUT2D eigenvalue weighted by molar-refractivity contribution is 6.33. The molecule has 0 radical (unpaired) electrons. The molecule has 1 heterocycles. The molecule has 0 unspecified atom stereocenters. The third-order valence-corrected chi connectivity index (χ3v) is 2.57. The van der Waals surface area contributed by atoms with Crippen molar-refractivity contribution in [1.29, 1.82) is 0 Å². The molecular weight excluding hydrogens is 208 g/mol. The van der Waals surface area contributed by atoms with E-state index in [-0.39, 0.29) is 0 Å². The van der Waals surface area contributed by atoms with Gasteiger partial charge in [-0.05, 0) is 25.5 Å². The summed E-state index contributed by atoms with van der Waals surface area (Å²) in [5, 5.41) is 0.721. The van der Waals surface area contributed by atoms with Crippen molar-refractivity contribution in [2.45, 2.75) is 13.8 Å². The third kappa shape index (κ3) is 2.00. The maximum Gasteiger partial charge on any atom is 0.0929 e. The summed E-state index contributed by atoms with van der Waals surface area (Å²) in [6.07, 6.45) is 3.36. The van der Waals surface area contributed by atoms with E-state index in [1.54, 1.807) is 12.4 Å². The number of hydrogen-bond acceptors (Lipinski definition) is 2. The fraction of sp³-hybridized carbons (Fsp3) is 0.167. The molecule has 3 heteroatoms. The third-order valence-electron chi connectivity index (χ3n) is 2.26. The van der Waals surface area contributed by atoms with Gasteiger partial charge in [-0.15, -0.1) is 0 Å². The van der Waals surface area contributed by atoms with Crippen LogP contribution in [0.4, 0.5) is 0 Å². The summed E-state index contributed by atoms with van der Waals surface area (Å²) in [7, 11) is 0. The first kappa shape index (κ1) is 10.1. The smallest absolute Gasteiger partial charge is 0.0929 e. The fourth-order valence-electron chi connectivity index (χ4n) is 1.48. The van der Waals surface area contributed by atoms with Gasteiger partial charge in [-0.25, -0.2) is 0 Å². The second-order valence-electron chi connectivity index (χ2n) is 3.47. The Balaban J connectivity index is 2.60. The second kappa shape index (κ2) is 3.99. The molecule has 0 saturated heterocycles. The van der Waals surface area contributed by atoms with Crippen LogP contribution in [-0.2, 0) is 0 Å². The minimum Gasteiger partial charge on any atom is -0.258 e. The van der Waals surface area contributed by atoms with Crippen molar-refractivity contribution < 1.29 is 0 Å². The van der Waals surface area contributed by atoms with Crippen molar-refractivity contribution in [2.75, 3.05) is 0 Å². The lowest BCUT2D eigenvalue weighted by Gasteiger charge is -2.06. The maximum absolute atomic E-state index is 6.17. The van der Waals surface area contributed by atoms with Crippen molar-refractivity contribution in [2.24, 2.45) is 0 Å². The molecule has 2 nitrogen and oxygen atoms in total. The first-order valence-electron chi connectivity index (χ1n) is 4.72. The summed E-state index contributed by atoms with van der Waals surface area (Å²) in [6.45, 7) is 3.94. The van der Waals surface area contributed by atoms with Crippen LogP contribution in [0.1, 0.15) is 11.3 Å². The van der Waals surface area contributed by atoms with E-state index in [1.165, 1.54) is 0 Å². The summed E-state index contributed by atoms with van der Waals surface area (Å²) in [4.78, 5) is 8.49. The quantitative estimate of drug-likeness (QED) is 0.733. The molecule has 0 saturated carbocycles. The second-order valence-corrected chi connectivity index (χ2v) is 3.88. The molecule has 1 aromatic heterocycles. The summed E-state index contributed by atoms with van der Waals surface area (Å²) >= 11 is 6.17. The number of aryl methyl sites for hydroxylation is 2. The summed E-state index contributed by atoms with van der Waals surface area (Å²) < 4.78 is 0. The van der Waals surface area contributed by atoms with E-state index in [9.17, 15) is 0 Å². The Morgan fingerprint density at radius 3 is 2.47 bits per heavy atom. The molecule has 0 amide bonds. The lowest BCUT2D eigenvalue weighted by Crippen LogP contribution is -1.91. The Bertz CT molecular complexity index is 495. The predicted molar refractivity (Wildman–Crippen MR) is 62.0 cm³/mol. The minimum atomic E-state index is 0.721. The van der Waals surface area contributed by atoms with Crippen LogP contribution in [0.15, 0.2) is 30.6 Å². The van der Waals surface area contributed by atoms with Gasteiger partial charge in [0.05, 0.1) is 16.4 Å². The average molecular weight is 219 g/mol. The van der Waals surface area contributed by atoms with Crippen molar-refractivity contribution in [1.82, 2.24) is 9.97 Å². The van der Waals surface area contributed by atoms with E-state index in [2.05, 4.69) is 9.97 Å². The van der Waals surface area contributed by atoms with Crippen LogP contribution in [0, 0.1) is 13.8 Å². The molecule has 0 fully saturated rings. The SMILES string of the molecule is Cc1ccc(-c2nccnc2C)c(Cl)c1. The molecule has 0 aliphatic rings. The summed E-state index contributed by atoms with van der Waals surface area (Å²) in [5.41, 5.74) is 3.82. The Hall–Kier alpha value is -1.41. The number of rotatable bonds is 1. The van der Waals surface area contributed by atoms with Gasteiger partial charge in [0.25, 0.3) is 0 Å². The van der Waals surface area contributed by atoms with Gasteiger partial charge in [-0.2, -0.15) is 0 Å². The monoisotopic (exact) mass is 218 g/mol. The zero-order chi connectivity index (χ0) is 10.8. The molecule has 0 N–H and O–H groups in total. The first-order chi connectivity index (χ1) is 7.18. The molecule has 2 rings (SSSR count). The molecule has 0 aliphatic carbocycles. The Morgan fingerprint density at radius 1 is 1.07 bits per heavy atom. The van der Waals surface area contributed by atoms with Crippen LogP contribution < -0.4 is 0 Å². The molecule has 15 heavy (non-hydrogen) atoms. The normalized spacial score (nSPS) is 10.3. The zero-order valence-electron chi connectivity index (χ0n) is 8.66. The minimum absolute atomic E-state index is 0.721. The highest BCUT2D eigenvalue weighted by atomic mass is 35.5. The van der Waals surface area contributed by atoms with E-state index < -0.39 is 0 Å². The van der Waals surface area contributed by atoms with Crippen LogP contribution in [0.3, 0.4) is 0 Å². The van der Waals surface area contributed by atoms with E-state index >= 15 is 0 Å². The van der Waals surface area contributed by atoms with Gasteiger partial charge in [0, 0.05) is 18.0 Å². The van der Waals surface area contributed by atoms with Gasteiger partial charge in [0.1, 0.15) is 0 Å². The largest absolute Gasteiger partial charge is 0.258 e. The molecule has 2 aromatic rings. The van der Waals surface area contributed by atoms with Crippen LogP contribution in [0.2, 0.25) is 5.02 Å². The number of nitrogens with zero attached hydrogens (tertiary/aromatic N) is 2. The van der Waals surface area contributed by atoms with E-state index in [0.717, 1.165) is 27.5 Å². The molecule has 0 spiro atoms. The van der Waals surface area contributed by atoms with E-state index in [4.69, 9.17) is 11.6 Å². The Kier molecular flexibility index (Phi) is 2.69. The average Bonchev–Trinajstić information content (AvgIpc) is 2.20. The van der Waals surface area contributed by atoms with Gasteiger partial charge in [0.2, 0.25) is 0 Å². The van der Waals surface area contributed by atoms with E-state index in [0.29, 0.717) is 0 Å². The molecule has 0 aliphatic heterocycles. The van der Waals surface area contributed by atoms with Crippen molar-refractivity contribution >= 4 is 11.6 Å². The lowest BCUT2D eigenvalue weighted by atomic mass is 10.1. The number of aromatic nitrogens is 2. The zero-order valence-corrected chi connectivity index (χ0v) is 9.42.